The van der Waals surface area contributed by atoms with Crippen molar-refractivity contribution in [2.45, 2.75) is 0 Å². The predicted octanol–water partition coefficient (Wildman–Crippen LogP) is -1.11. The van der Waals surface area contributed by atoms with E-state index in [1.807, 2.05) is 0 Å². The Morgan fingerprint density at radius 3 is 0.714 bits per heavy atom. The molecule has 0 saturated carbocycles. The molecule has 0 saturated heterocycles. The van der Waals surface area contributed by atoms with E-state index in [-0.39, 0.29) is 38.7 Å². The van der Waals surface area contributed by atoms with Crippen molar-refractivity contribution in [2.75, 3.05) is 0 Å². The van der Waals surface area contributed by atoms with Gasteiger partial charge in [0.1, 0.15) is 0 Å². The Bertz CT molecular complexity index is 8.04. The van der Waals surface area contributed by atoms with E-state index >= 15 is 0 Å². The fourth-order valence-electron chi connectivity index (χ4n) is 0. The van der Waals surface area contributed by atoms with Gasteiger partial charge in [0.05, 0.1) is 0 Å². The van der Waals surface area contributed by atoms with Gasteiger partial charge in [-0.15, -0.1) is 0 Å². The van der Waals surface area contributed by atoms with E-state index in [9.17, 15) is 0 Å². The molecule has 5 nitrogen and oxygen atoms in total. The molecular formula is CH4CoO5. The Balaban J connectivity index is -0.000000000500. The topological polar surface area (TPSA) is 137 Å². The second-order valence-corrected chi connectivity index (χ2v) is 0. The Labute approximate surface area is 51.1 Å². The minimum absolute atomic E-state index is 0. The van der Waals surface area contributed by atoms with Gasteiger partial charge in [0.15, 0.2) is 0 Å². The van der Waals surface area contributed by atoms with E-state index in [0.29, 0.717) is 0 Å². The minimum atomic E-state index is 0. The van der Waals surface area contributed by atoms with Crippen molar-refractivity contribution in [3.8, 4) is 0 Å². The third-order valence-corrected chi connectivity index (χ3v) is 0. The van der Waals surface area contributed by atoms with Crippen molar-refractivity contribution in [2.24, 2.45) is 0 Å². The van der Waals surface area contributed by atoms with Crippen molar-refractivity contribution in [1.82, 2.24) is 0 Å². The van der Waals surface area contributed by atoms with Gasteiger partial charge in [-0.25, -0.2) is 0 Å². The number of rotatable bonds is 0. The van der Waals surface area contributed by atoms with Gasteiger partial charge in [-0.05, 0) is 0 Å². The molecular weight excluding hydrogens is 151 g/mol. The van der Waals surface area contributed by atoms with E-state index in [0.717, 1.165) is 0 Å². The first-order valence-corrected chi connectivity index (χ1v) is 0.204. The van der Waals surface area contributed by atoms with Crippen molar-refractivity contribution in [3.05, 3.63) is 0 Å². The van der Waals surface area contributed by atoms with Gasteiger partial charge in [0.2, 0.25) is 0 Å². The maximum absolute atomic E-state index is 7.50. The van der Waals surface area contributed by atoms with Crippen LogP contribution in [0.15, 0.2) is 0 Å². The van der Waals surface area contributed by atoms with Crippen LogP contribution in [0.25, 0.3) is 0 Å². The monoisotopic (exact) mass is 155 g/mol. The number of carbonyl (C=O) groups excluding carboxylic acids is 1. The normalized spacial score (nSPS) is 0.857. The fraction of sp³-hybridized carbons (Fsp3) is 0. The Kier molecular flexibility index (Phi) is 223000. The zero-order valence-corrected chi connectivity index (χ0v) is 4.07. The largest absolute Gasteiger partial charge is 2.00 e. The van der Waals surface area contributed by atoms with Crippen molar-refractivity contribution < 1.29 is 43.5 Å². The van der Waals surface area contributed by atoms with Crippen LogP contribution in [0.2, 0.25) is 0 Å². The summed E-state index contributed by atoms with van der Waals surface area (Å²) in [6, 6.07) is 0. The maximum Gasteiger partial charge on any atom is 2.00 e. The van der Waals surface area contributed by atoms with Gasteiger partial charge in [0.25, 0.3) is 0 Å². The predicted molar refractivity (Wildman–Crippen MR) is 13.4 cm³/mol. The van der Waals surface area contributed by atoms with Crippen LogP contribution in [0.4, 0.5) is 0 Å². The van der Waals surface area contributed by atoms with Crippen LogP contribution in [0.5, 0.6) is 0 Å². The molecule has 0 atom stereocenters. The molecule has 0 fully saturated rings. The molecule has 0 heterocycles. The third-order valence-electron chi connectivity index (χ3n) is 0. The Morgan fingerprint density at radius 2 is 0.714 bits per heavy atom. The molecule has 0 aromatic rings. The van der Waals surface area contributed by atoms with Crippen molar-refractivity contribution in [1.29, 1.82) is 0 Å². The van der Waals surface area contributed by atoms with Crippen molar-refractivity contribution in [3.63, 3.8) is 0 Å². The summed E-state index contributed by atoms with van der Waals surface area (Å²) in [5, 5.41) is 0. The molecule has 0 aromatic carbocycles. The molecule has 0 aliphatic carbocycles. The summed E-state index contributed by atoms with van der Waals surface area (Å²) in [6.45, 7) is 4.50. The first kappa shape index (κ1) is 205. The summed E-state index contributed by atoms with van der Waals surface area (Å²) in [6.07, 6.45) is 0. The average Bonchev–Trinajstić information content (AvgIpc) is 1.00. The van der Waals surface area contributed by atoms with E-state index in [1.54, 1.807) is 0 Å². The minimum Gasteiger partial charge on any atom is -0.870 e. The summed E-state index contributed by atoms with van der Waals surface area (Å²) in [5.41, 5.74) is 0. The number of hydrogen-bond acceptors (Lipinski definition) is 5. The van der Waals surface area contributed by atoms with Gasteiger partial charge in [-0.2, -0.15) is 0 Å². The van der Waals surface area contributed by atoms with Crippen LogP contribution < -0.4 is 0 Å². The molecule has 0 amide bonds. The first-order chi connectivity index (χ1) is 1.00. The van der Waals surface area contributed by atoms with E-state index in [2.05, 4.69) is 6.79 Å². The van der Waals surface area contributed by atoms with Crippen LogP contribution in [0.3, 0.4) is 0 Å². The molecule has 0 spiro atoms. The summed E-state index contributed by atoms with van der Waals surface area (Å²) >= 11 is 0. The summed E-state index contributed by atoms with van der Waals surface area (Å²) in [7, 11) is 0. The first-order valence-electron chi connectivity index (χ1n) is 0.204. The van der Waals surface area contributed by atoms with Crippen LogP contribution in [-0.2, 0) is 21.6 Å². The Hall–Kier alpha value is 0.146. The van der Waals surface area contributed by atoms with Crippen LogP contribution in [-0.4, -0.2) is 28.7 Å². The van der Waals surface area contributed by atoms with E-state index in [1.165, 1.54) is 0 Å². The smallest absolute Gasteiger partial charge is 0.870 e. The summed E-state index contributed by atoms with van der Waals surface area (Å²) < 4.78 is 0. The van der Waals surface area contributed by atoms with Gasteiger partial charge in [0, 0.05) is 0 Å². The molecule has 4 N–H and O–H groups in total. The molecule has 0 unspecified atom stereocenters. The third kappa shape index (κ3) is 4920. The molecule has 7 heavy (non-hydrogen) atoms. The fourth-order valence-corrected chi connectivity index (χ4v) is 0. The summed E-state index contributed by atoms with van der Waals surface area (Å²) in [5.74, 6) is 0. The molecule has 47 valence electrons. The van der Waals surface area contributed by atoms with Gasteiger partial charge in [-0.3, -0.25) is 0 Å². The quantitative estimate of drug-likeness (QED) is 0.436. The SMILES string of the molecule is [C+2]=O.[Co+2].[OH-].[OH-].[OH-].[OH-]. The second-order valence-electron chi connectivity index (χ2n) is 0. The van der Waals surface area contributed by atoms with Crippen LogP contribution in [0.1, 0.15) is 0 Å². The summed E-state index contributed by atoms with van der Waals surface area (Å²) in [4.78, 5) is 7.50. The molecule has 0 bridgehead atoms. The van der Waals surface area contributed by atoms with Gasteiger partial charge >= 0.3 is 28.4 Å². The average molecular weight is 155 g/mol. The number of hydrogen-bond donors (Lipinski definition) is 0. The van der Waals surface area contributed by atoms with Crippen LogP contribution in [0, 0.1) is 0 Å². The molecule has 0 rings (SSSR count). The maximum atomic E-state index is 7.50. The molecule has 1 radical (unpaired) electrons. The van der Waals surface area contributed by atoms with Crippen LogP contribution >= 0.6 is 0 Å². The zero-order chi connectivity index (χ0) is 2.00. The van der Waals surface area contributed by atoms with Crippen molar-refractivity contribution >= 4 is 6.79 Å². The van der Waals surface area contributed by atoms with Gasteiger partial charge < -0.3 is 21.9 Å². The van der Waals surface area contributed by atoms with Gasteiger partial charge in [-0.1, -0.05) is 0 Å². The molecule has 0 aromatic heterocycles. The molecule has 0 aliphatic heterocycles. The molecule has 6 heteroatoms. The second kappa shape index (κ2) is 7590. The Morgan fingerprint density at radius 1 is 0.714 bits per heavy atom. The standard InChI is InChI=1S/CO.Co.4H2O/c1-2;;;;;/h;;4*1H2/q2*+2;;;;/p-4. The van der Waals surface area contributed by atoms with E-state index < -0.39 is 0 Å². The van der Waals surface area contributed by atoms with E-state index in [4.69, 9.17) is 4.79 Å². The zero-order valence-electron chi connectivity index (χ0n) is 3.03. The molecule has 0 aliphatic rings.